The van der Waals surface area contributed by atoms with Crippen molar-refractivity contribution >= 4 is 15.9 Å². The Morgan fingerprint density at radius 1 is 1.06 bits per heavy atom. The number of halogens is 4. The number of furan rings is 1. The van der Waals surface area contributed by atoms with E-state index in [4.69, 9.17) is 4.42 Å². The first kappa shape index (κ1) is 11.3. The Labute approximate surface area is 98.0 Å². The van der Waals surface area contributed by atoms with E-state index >= 15 is 0 Å². The monoisotopic (exact) mass is 290 g/mol. The molecule has 0 atom stereocenters. The fourth-order valence-electron chi connectivity index (χ4n) is 1.37. The first-order valence-electron chi connectivity index (χ1n) is 4.40. The quantitative estimate of drug-likeness (QED) is 0.740. The van der Waals surface area contributed by atoms with Gasteiger partial charge in [-0.15, -0.1) is 0 Å². The van der Waals surface area contributed by atoms with Gasteiger partial charge >= 0.3 is 6.18 Å². The van der Waals surface area contributed by atoms with Crippen molar-refractivity contribution in [3.8, 4) is 11.3 Å². The Hall–Kier alpha value is -1.23. The predicted molar refractivity (Wildman–Crippen MR) is 56.8 cm³/mol. The minimum absolute atomic E-state index is 0.00236. The summed E-state index contributed by atoms with van der Waals surface area (Å²) in [6, 6.07) is 7.18. The second kappa shape index (κ2) is 3.97. The van der Waals surface area contributed by atoms with E-state index in [1.54, 1.807) is 18.2 Å². The summed E-state index contributed by atoms with van der Waals surface area (Å²) in [5.74, 6) is 0.401. The van der Waals surface area contributed by atoms with Crippen LogP contribution in [0.15, 0.2) is 45.5 Å². The third-order valence-electron chi connectivity index (χ3n) is 2.09. The third-order valence-corrected chi connectivity index (χ3v) is 2.95. The highest BCUT2D eigenvalue weighted by atomic mass is 79.9. The van der Waals surface area contributed by atoms with Crippen molar-refractivity contribution in [1.29, 1.82) is 0 Å². The zero-order valence-electron chi connectivity index (χ0n) is 7.88. The minimum Gasteiger partial charge on any atom is -0.464 e. The molecule has 5 heteroatoms. The van der Waals surface area contributed by atoms with E-state index in [1.807, 2.05) is 0 Å². The van der Waals surface area contributed by atoms with Gasteiger partial charge in [0, 0.05) is 10.0 Å². The highest BCUT2D eigenvalue weighted by Crippen LogP contribution is 2.39. The van der Waals surface area contributed by atoms with Gasteiger partial charge < -0.3 is 4.42 Å². The highest BCUT2D eigenvalue weighted by molar-refractivity contribution is 9.10. The lowest BCUT2D eigenvalue weighted by molar-refractivity contribution is -0.138. The average molecular weight is 291 g/mol. The maximum atomic E-state index is 12.6. The largest absolute Gasteiger partial charge is 0.464 e. The smallest absolute Gasteiger partial charge is 0.417 e. The summed E-state index contributed by atoms with van der Waals surface area (Å²) in [5, 5.41) is 0. The van der Waals surface area contributed by atoms with Crippen LogP contribution in [0.2, 0.25) is 0 Å². The van der Waals surface area contributed by atoms with Crippen LogP contribution >= 0.6 is 15.9 Å². The van der Waals surface area contributed by atoms with Crippen molar-refractivity contribution in [3.63, 3.8) is 0 Å². The van der Waals surface area contributed by atoms with Crippen molar-refractivity contribution in [2.45, 2.75) is 6.18 Å². The molecule has 0 saturated heterocycles. The van der Waals surface area contributed by atoms with E-state index < -0.39 is 11.7 Å². The number of hydrogen-bond donors (Lipinski definition) is 0. The maximum Gasteiger partial charge on any atom is 0.417 e. The Balaban J connectivity index is 2.58. The van der Waals surface area contributed by atoms with Gasteiger partial charge in [0.15, 0.2) is 0 Å². The van der Waals surface area contributed by atoms with Gasteiger partial charge in [0.2, 0.25) is 0 Å². The van der Waals surface area contributed by atoms with Crippen LogP contribution < -0.4 is 0 Å². The molecule has 0 saturated carbocycles. The molecule has 0 radical (unpaired) electrons. The zero-order chi connectivity index (χ0) is 11.8. The molecule has 0 aliphatic heterocycles. The summed E-state index contributed by atoms with van der Waals surface area (Å²) >= 11 is 2.96. The standard InChI is InChI=1S/C11H6BrF3O/c12-10-7(9-5-2-6-16-9)3-1-4-8(10)11(13,14)15/h1-6H. The predicted octanol–water partition coefficient (Wildman–Crippen LogP) is 4.73. The van der Waals surface area contributed by atoms with Gasteiger partial charge in [-0.05, 0) is 34.1 Å². The first-order chi connectivity index (χ1) is 7.50. The third kappa shape index (κ3) is 2.00. The summed E-state index contributed by atoms with van der Waals surface area (Å²) in [7, 11) is 0. The molecular formula is C11H6BrF3O. The summed E-state index contributed by atoms with van der Waals surface area (Å²) in [5.41, 5.74) is -0.318. The van der Waals surface area contributed by atoms with Crippen LogP contribution in [-0.2, 0) is 6.18 Å². The number of benzene rings is 1. The van der Waals surface area contributed by atoms with E-state index in [0.717, 1.165) is 6.07 Å². The van der Waals surface area contributed by atoms with Crippen molar-refractivity contribution in [2.24, 2.45) is 0 Å². The maximum absolute atomic E-state index is 12.6. The SMILES string of the molecule is FC(F)(F)c1cccc(-c2ccco2)c1Br. The molecule has 0 spiro atoms. The van der Waals surface area contributed by atoms with Crippen molar-refractivity contribution in [2.75, 3.05) is 0 Å². The second-order valence-electron chi connectivity index (χ2n) is 3.14. The fraction of sp³-hybridized carbons (Fsp3) is 0.0909. The van der Waals surface area contributed by atoms with Crippen LogP contribution in [0.25, 0.3) is 11.3 Å². The summed E-state index contributed by atoms with van der Waals surface area (Å²) in [4.78, 5) is 0. The van der Waals surface area contributed by atoms with Crippen LogP contribution in [0.1, 0.15) is 5.56 Å². The van der Waals surface area contributed by atoms with Crippen LogP contribution in [0.3, 0.4) is 0 Å². The molecule has 0 N–H and O–H groups in total. The van der Waals surface area contributed by atoms with Crippen molar-refractivity contribution < 1.29 is 17.6 Å². The van der Waals surface area contributed by atoms with Crippen molar-refractivity contribution in [1.82, 2.24) is 0 Å². The molecule has 84 valence electrons. The molecule has 0 bridgehead atoms. The molecule has 0 fully saturated rings. The van der Waals surface area contributed by atoms with Crippen LogP contribution in [0.4, 0.5) is 13.2 Å². The molecule has 16 heavy (non-hydrogen) atoms. The first-order valence-corrected chi connectivity index (χ1v) is 5.19. The lowest BCUT2D eigenvalue weighted by Crippen LogP contribution is -2.06. The molecule has 1 heterocycles. The molecule has 0 unspecified atom stereocenters. The molecule has 2 rings (SSSR count). The van der Waals surface area contributed by atoms with Gasteiger partial charge in [-0.3, -0.25) is 0 Å². The average Bonchev–Trinajstić information content (AvgIpc) is 2.69. The van der Waals surface area contributed by atoms with E-state index in [1.165, 1.54) is 12.3 Å². The molecule has 2 aromatic rings. The minimum atomic E-state index is -4.37. The zero-order valence-corrected chi connectivity index (χ0v) is 9.47. The lowest BCUT2D eigenvalue weighted by Gasteiger charge is -2.11. The van der Waals surface area contributed by atoms with Gasteiger partial charge in [0.1, 0.15) is 5.76 Å². The van der Waals surface area contributed by atoms with Crippen LogP contribution in [0.5, 0.6) is 0 Å². The Morgan fingerprint density at radius 3 is 2.38 bits per heavy atom. The topological polar surface area (TPSA) is 13.1 Å². The number of rotatable bonds is 1. The fourth-order valence-corrected chi connectivity index (χ4v) is 2.06. The Kier molecular flexibility index (Phi) is 2.80. The van der Waals surface area contributed by atoms with Crippen LogP contribution in [-0.4, -0.2) is 0 Å². The normalized spacial score (nSPS) is 11.8. The highest BCUT2D eigenvalue weighted by Gasteiger charge is 2.33. The van der Waals surface area contributed by atoms with Gasteiger partial charge in [0.25, 0.3) is 0 Å². The second-order valence-corrected chi connectivity index (χ2v) is 3.94. The van der Waals surface area contributed by atoms with E-state index in [0.29, 0.717) is 11.3 Å². The number of alkyl halides is 3. The molecule has 0 amide bonds. The number of hydrogen-bond acceptors (Lipinski definition) is 1. The summed E-state index contributed by atoms with van der Waals surface area (Å²) in [6.45, 7) is 0. The molecule has 0 aliphatic carbocycles. The molecule has 1 nitrogen and oxygen atoms in total. The van der Waals surface area contributed by atoms with Gasteiger partial charge in [-0.25, -0.2) is 0 Å². The molecule has 0 aliphatic rings. The van der Waals surface area contributed by atoms with Gasteiger partial charge in [-0.2, -0.15) is 13.2 Å². The molecular weight excluding hydrogens is 285 g/mol. The molecule has 1 aromatic carbocycles. The van der Waals surface area contributed by atoms with E-state index in [2.05, 4.69) is 15.9 Å². The Bertz CT molecular complexity index is 488. The van der Waals surface area contributed by atoms with Gasteiger partial charge in [-0.1, -0.05) is 12.1 Å². The summed E-state index contributed by atoms with van der Waals surface area (Å²) in [6.07, 6.45) is -2.95. The van der Waals surface area contributed by atoms with Crippen molar-refractivity contribution in [3.05, 3.63) is 46.6 Å². The van der Waals surface area contributed by atoms with E-state index in [-0.39, 0.29) is 4.47 Å². The van der Waals surface area contributed by atoms with Gasteiger partial charge in [0.05, 0.1) is 11.8 Å². The van der Waals surface area contributed by atoms with Crippen LogP contribution in [0, 0.1) is 0 Å². The molecule has 1 aromatic heterocycles. The Morgan fingerprint density at radius 2 is 1.81 bits per heavy atom. The van der Waals surface area contributed by atoms with E-state index in [9.17, 15) is 13.2 Å². The lowest BCUT2D eigenvalue weighted by atomic mass is 10.1. The summed E-state index contributed by atoms with van der Waals surface area (Å²) < 4.78 is 42.9.